The summed E-state index contributed by atoms with van der Waals surface area (Å²) in [5.74, 6) is -0.183. The Labute approximate surface area is 106 Å². The molecule has 94 valence electrons. The van der Waals surface area contributed by atoms with Crippen molar-refractivity contribution in [2.24, 2.45) is 0 Å². The predicted octanol–water partition coefficient (Wildman–Crippen LogP) is 2.68. The van der Waals surface area contributed by atoms with Gasteiger partial charge in [0.2, 0.25) is 0 Å². The first kappa shape index (κ1) is 12.9. The van der Waals surface area contributed by atoms with Crippen LogP contribution in [-0.2, 0) is 4.74 Å². The first-order valence-corrected chi connectivity index (χ1v) is 6.91. The van der Waals surface area contributed by atoms with Gasteiger partial charge in [-0.05, 0) is 37.2 Å². The lowest BCUT2D eigenvalue weighted by Gasteiger charge is -2.31. The van der Waals surface area contributed by atoms with Crippen LogP contribution in [0.3, 0.4) is 0 Å². The van der Waals surface area contributed by atoms with Crippen molar-refractivity contribution in [3.8, 4) is 0 Å². The standard InChI is InChI=1S/C13H18FNOS/c1-2-15-12-7-8-16-9-13(12)17-11-5-3-10(14)4-6-11/h3-6,12-13,15H,2,7-9H2,1H3. The zero-order valence-corrected chi connectivity index (χ0v) is 10.8. The lowest BCUT2D eigenvalue weighted by Crippen LogP contribution is -2.44. The number of nitrogens with one attached hydrogen (secondary N) is 1. The minimum Gasteiger partial charge on any atom is -0.380 e. The molecule has 0 bridgehead atoms. The van der Waals surface area contributed by atoms with E-state index in [1.807, 2.05) is 12.1 Å². The van der Waals surface area contributed by atoms with Crippen molar-refractivity contribution in [3.63, 3.8) is 0 Å². The molecule has 0 aromatic heterocycles. The number of ether oxygens (including phenoxy) is 1. The van der Waals surface area contributed by atoms with Crippen LogP contribution in [0.4, 0.5) is 4.39 Å². The van der Waals surface area contributed by atoms with Gasteiger partial charge in [-0.1, -0.05) is 6.92 Å². The molecule has 1 aliphatic heterocycles. The summed E-state index contributed by atoms with van der Waals surface area (Å²) >= 11 is 1.77. The van der Waals surface area contributed by atoms with E-state index in [-0.39, 0.29) is 5.82 Å². The highest BCUT2D eigenvalue weighted by molar-refractivity contribution is 8.00. The van der Waals surface area contributed by atoms with Gasteiger partial charge in [0.15, 0.2) is 0 Å². The largest absolute Gasteiger partial charge is 0.380 e. The monoisotopic (exact) mass is 255 g/mol. The molecule has 0 aliphatic carbocycles. The van der Waals surface area contributed by atoms with Gasteiger partial charge < -0.3 is 10.1 Å². The average Bonchev–Trinajstić information content (AvgIpc) is 2.35. The molecule has 0 amide bonds. The van der Waals surface area contributed by atoms with E-state index in [1.54, 1.807) is 11.8 Å². The molecule has 1 aliphatic rings. The number of thioether (sulfide) groups is 1. The molecule has 0 spiro atoms. The second kappa shape index (κ2) is 6.38. The predicted molar refractivity (Wildman–Crippen MR) is 68.9 cm³/mol. The molecule has 1 heterocycles. The minimum atomic E-state index is -0.183. The third-order valence-electron chi connectivity index (χ3n) is 2.87. The maximum absolute atomic E-state index is 12.8. The van der Waals surface area contributed by atoms with Crippen molar-refractivity contribution in [1.29, 1.82) is 0 Å². The number of hydrogen-bond donors (Lipinski definition) is 1. The molecule has 4 heteroatoms. The van der Waals surface area contributed by atoms with Crippen LogP contribution in [0.1, 0.15) is 13.3 Å². The fourth-order valence-electron chi connectivity index (χ4n) is 2.01. The molecular formula is C13H18FNOS. The van der Waals surface area contributed by atoms with E-state index in [1.165, 1.54) is 12.1 Å². The highest BCUT2D eigenvalue weighted by Crippen LogP contribution is 2.29. The van der Waals surface area contributed by atoms with Gasteiger partial charge in [0.1, 0.15) is 5.82 Å². The summed E-state index contributed by atoms with van der Waals surface area (Å²) in [6.07, 6.45) is 1.05. The van der Waals surface area contributed by atoms with E-state index < -0.39 is 0 Å². The van der Waals surface area contributed by atoms with Crippen molar-refractivity contribution < 1.29 is 9.13 Å². The first-order chi connectivity index (χ1) is 8.29. The zero-order valence-electron chi connectivity index (χ0n) is 9.99. The Hall–Kier alpha value is -0.580. The molecule has 0 saturated carbocycles. The van der Waals surface area contributed by atoms with Gasteiger partial charge in [-0.3, -0.25) is 0 Å². The van der Waals surface area contributed by atoms with Crippen molar-refractivity contribution in [2.45, 2.75) is 29.5 Å². The molecule has 2 unspecified atom stereocenters. The maximum atomic E-state index is 12.8. The summed E-state index contributed by atoms with van der Waals surface area (Å²) in [6, 6.07) is 7.17. The molecule has 2 atom stereocenters. The van der Waals surface area contributed by atoms with Gasteiger partial charge in [-0.25, -0.2) is 4.39 Å². The van der Waals surface area contributed by atoms with Crippen LogP contribution in [0.5, 0.6) is 0 Å². The highest BCUT2D eigenvalue weighted by Gasteiger charge is 2.25. The van der Waals surface area contributed by atoms with Gasteiger partial charge in [0, 0.05) is 22.8 Å². The molecule has 2 nitrogen and oxygen atoms in total. The Bertz CT molecular complexity index is 342. The highest BCUT2D eigenvalue weighted by atomic mass is 32.2. The van der Waals surface area contributed by atoms with Crippen molar-refractivity contribution >= 4 is 11.8 Å². The fourth-order valence-corrected chi connectivity index (χ4v) is 3.22. The maximum Gasteiger partial charge on any atom is 0.123 e. The summed E-state index contributed by atoms with van der Waals surface area (Å²) in [6.45, 7) is 4.69. The Morgan fingerprint density at radius 2 is 2.18 bits per heavy atom. The molecule has 0 radical (unpaired) electrons. The molecule has 1 aromatic rings. The zero-order chi connectivity index (χ0) is 12.1. The third-order valence-corrected chi connectivity index (χ3v) is 4.18. The number of halogens is 1. The van der Waals surface area contributed by atoms with E-state index >= 15 is 0 Å². The first-order valence-electron chi connectivity index (χ1n) is 6.03. The number of rotatable bonds is 4. The molecule has 1 aromatic carbocycles. The summed E-state index contributed by atoms with van der Waals surface area (Å²) < 4.78 is 18.3. The summed E-state index contributed by atoms with van der Waals surface area (Å²) in [4.78, 5) is 1.10. The Balaban J connectivity index is 1.97. The minimum absolute atomic E-state index is 0.183. The quantitative estimate of drug-likeness (QED) is 0.894. The topological polar surface area (TPSA) is 21.3 Å². The Morgan fingerprint density at radius 1 is 1.41 bits per heavy atom. The van der Waals surface area contributed by atoms with Gasteiger partial charge >= 0.3 is 0 Å². The van der Waals surface area contributed by atoms with Crippen LogP contribution in [0.15, 0.2) is 29.2 Å². The summed E-state index contributed by atoms with van der Waals surface area (Å²) in [5.41, 5.74) is 0. The number of benzene rings is 1. The third kappa shape index (κ3) is 3.69. The van der Waals surface area contributed by atoms with Crippen LogP contribution in [0.2, 0.25) is 0 Å². The smallest absolute Gasteiger partial charge is 0.123 e. The molecule has 1 fully saturated rings. The molecule has 1 N–H and O–H groups in total. The van der Waals surface area contributed by atoms with Gasteiger partial charge in [-0.15, -0.1) is 11.8 Å². The van der Waals surface area contributed by atoms with Crippen LogP contribution in [0, 0.1) is 5.82 Å². The van der Waals surface area contributed by atoms with Crippen molar-refractivity contribution in [1.82, 2.24) is 5.32 Å². The lowest BCUT2D eigenvalue weighted by atomic mass is 10.1. The molecule has 2 rings (SSSR count). The van der Waals surface area contributed by atoms with Crippen molar-refractivity contribution in [2.75, 3.05) is 19.8 Å². The lowest BCUT2D eigenvalue weighted by molar-refractivity contribution is 0.0837. The van der Waals surface area contributed by atoms with Gasteiger partial charge in [0.25, 0.3) is 0 Å². The van der Waals surface area contributed by atoms with E-state index in [0.29, 0.717) is 11.3 Å². The van der Waals surface area contributed by atoms with E-state index in [9.17, 15) is 4.39 Å². The summed E-state index contributed by atoms with van der Waals surface area (Å²) in [5, 5.41) is 3.90. The molecule has 1 saturated heterocycles. The fraction of sp³-hybridized carbons (Fsp3) is 0.538. The second-order valence-electron chi connectivity index (χ2n) is 4.14. The Kier molecular flexibility index (Phi) is 4.83. The van der Waals surface area contributed by atoms with Gasteiger partial charge in [-0.2, -0.15) is 0 Å². The second-order valence-corrected chi connectivity index (χ2v) is 5.45. The summed E-state index contributed by atoms with van der Waals surface area (Å²) in [7, 11) is 0. The normalized spacial score (nSPS) is 24.8. The van der Waals surface area contributed by atoms with Crippen LogP contribution >= 0.6 is 11.8 Å². The average molecular weight is 255 g/mol. The van der Waals surface area contributed by atoms with E-state index in [2.05, 4.69) is 12.2 Å². The number of hydrogen-bond acceptors (Lipinski definition) is 3. The molecular weight excluding hydrogens is 237 g/mol. The van der Waals surface area contributed by atoms with Crippen LogP contribution in [0.25, 0.3) is 0 Å². The SMILES string of the molecule is CCNC1CCOCC1Sc1ccc(F)cc1. The van der Waals surface area contributed by atoms with E-state index in [4.69, 9.17) is 4.74 Å². The molecule has 17 heavy (non-hydrogen) atoms. The van der Waals surface area contributed by atoms with Crippen molar-refractivity contribution in [3.05, 3.63) is 30.1 Å². The van der Waals surface area contributed by atoms with Crippen LogP contribution in [-0.4, -0.2) is 31.1 Å². The van der Waals surface area contributed by atoms with Gasteiger partial charge in [0.05, 0.1) is 6.61 Å². The Morgan fingerprint density at radius 3 is 2.88 bits per heavy atom. The van der Waals surface area contributed by atoms with E-state index in [0.717, 1.165) is 31.1 Å². The van der Waals surface area contributed by atoms with Crippen LogP contribution < -0.4 is 5.32 Å².